The first-order valence-electron chi connectivity index (χ1n) is 5.01. The van der Waals surface area contributed by atoms with Crippen LogP contribution < -0.4 is 5.32 Å². The van der Waals surface area contributed by atoms with Gasteiger partial charge in [0, 0.05) is 10.8 Å². The van der Waals surface area contributed by atoms with Gasteiger partial charge in [-0.2, -0.15) is 0 Å². The highest BCUT2D eigenvalue weighted by atomic mass is 32.1. The molecule has 1 aromatic heterocycles. The van der Waals surface area contributed by atoms with Crippen LogP contribution >= 0.6 is 11.3 Å². The number of aromatic nitrogens is 1. The van der Waals surface area contributed by atoms with Crippen LogP contribution in [0.4, 0.5) is 0 Å². The standard InChI is InChI=1S/C10H16N2OS/c1-10(2-4-11-5-3-10)9-12-8(6-13)7-14-9/h7,11,13H,2-6H2,1H3. The molecular weight excluding hydrogens is 196 g/mol. The molecule has 0 atom stereocenters. The van der Waals surface area contributed by atoms with Crippen LogP contribution in [0.5, 0.6) is 0 Å². The number of piperidine rings is 1. The largest absolute Gasteiger partial charge is 0.390 e. The van der Waals surface area contributed by atoms with E-state index >= 15 is 0 Å². The second kappa shape index (κ2) is 3.96. The number of nitrogens with one attached hydrogen (secondary N) is 1. The van der Waals surface area contributed by atoms with Gasteiger partial charge in [0.1, 0.15) is 0 Å². The fourth-order valence-electron chi connectivity index (χ4n) is 1.85. The van der Waals surface area contributed by atoms with Crippen molar-refractivity contribution >= 4 is 11.3 Å². The van der Waals surface area contributed by atoms with Gasteiger partial charge in [0.05, 0.1) is 17.3 Å². The fraction of sp³-hybridized carbons (Fsp3) is 0.700. The summed E-state index contributed by atoms with van der Waals surface area (Å²) in [6, 6.07) is 0. The van der Waals surface area contributed by atoms with E-state index in [0.717, 1.165) is 31.6 Å². The van der Waals surface area contributed by atoms with Gasteiger partial charge in [-0.3, -0.25) is 0 Å². The first-order valence-corrected chi connectivity index (χ1v) is 5.89. The summed E-state index contributed by atoms with van der Waals surface area (Å²) in [4.78, 5) is 4.46. The van der Waals surface area contributed by atoms with E-state index < -0.39 is 0 Å². The zero-order chi connectivity index (χ0) is 10.0. The van der Waals surface area contributed by atoms with E-state index in [2.05, 4.69) is 17.2 Å². The first-order chi connectivity index (χ1) is 6.74. The predicted octanol–water partition coefficient (Wildman–Crippen LogP) is 1.28. The van der Waals surface area contributed by atoms with Crippen molar-refractivity contribution in [2.24, 2.45) is 0 Å². The molecule has 78 valence electrons. The van der Waals surface area contributed by atoms with Crippen molar-refractivity contribution in [2.75, 3.05) is 13.1 Å². The van der Waals surface area contributed by atoms with E-state index in [0.29, 0.717) is 0 Å². The number of hydrogen-bond acceptors (Lipinski definition) is 4. The van der Waals surface area contributed by atoms with Crippen molar-refractivity contribution < 1.29 is 5.11 Å². The van der Waals surface area contributed by atoms with Gasteiger partial charge < -0.3 is 10.4 Å². The molecule has 1 saturated heterocycles. The molecule has 0 amide bonds. The van der Waals surface area contributed by atoms with Gasteiger partial charge in [-0.1, -0.05) is 6.92 Å². The average molecular weight is 212 g/mol. The van der Waals surface area contributed by atoms with Crippen LogP contribution in [0, 0.1) is 0 Å². The number of aliphatic hydroxyl groups is 1. The molecule has 0 aliphatic carbocycles. The van der Waals surface area contributed by atoms with Crippen molar-refractivity contribution in [1.29, 1.82) is 0 Å². The molecule has 4 heteroatoms. The summed E-state index contributed by atoms with van der Waals surface area (Å²) in [5.41, 5.74) is 1.04. The van der Waals surface area contributed by atoms with Crippen LogP contribution in [-0.4, -0.2) is 23.2 Å². The highest BCUT2D eigenvalue weighted by molar-refractivity contribution is 7.09. The molecule has 1 aliphatic rings. The Morgan fingerprint density at radius 3 is 2.86 bits per heavy atom. The topological polar surface area (TPSA) is 45.2 Å². The SMILES string of the molecule is CC1(c2nc(CO)cs2)CCNCC1. The van der Waals surface area contributed by atoms with Gasteiger partial charge in [-0.05, 0) is 25.9 Å². The van der Waals surface area contributed by atoms with Crippen molar-refractivity contribution in [3.63, 3.8) is 0 Å². The van der Waals surface area contributed by atoms with Crippen molar-refractivity contribution in [3.8, 4) is 0 Å². The van der Waals surface area contributed by atoms with E-state index in [1.165, 1.54) is 5.01 Å². The van der Waals surface area contributed by atoms with Gasteiger partial charge in [0.2, 0.25) is 0 Å². The van der Waals surface area contributed by atoms with Crippen LogP contribution in [-0.2, 0) is 12.0 Å². The smallest absolute Gasteiger partial charge is 0.0989 e. The molecule has 2 rings (SSSR count). The normalized spacial score (nSPS) is 21.0. The van der Waals surface area contributed by atoms with Crippen LogP contribution in [0.25, 0.3) is 0 Å². The third kappa shape index (κ3) is 1.82. The molecule has 0 spiro atoms. The zero-order valence-electron chi connectivity index (χ0n) is 8.42. The second-order valence-corrected chi connectivity index (χ2v) is 4.97. The Balaban J connectivity index is 2.19. The molecule has 3 nitrogen and oxygen atoms in total. The Hall–Kier alpha value is -0.450. The van der Waals surface area contributed by atoms with E-state index in [4.69, 9.17) is 5.11 Å². The van der Waals surface area contributed by atoms with Gasteiger partial charge in [0.25, 0.3) is 0 Å². The van der Waals surface area contributed by atoms with E-state index in [1.54, 1.807) is 11.3 Å². The van der Waals surface area contributed by atoms with Gasteiger partial charge in [0.15, 0.2) is 0 Å². The molecular formula is C10H16N2OS. The summed E-state index contributed by atoms with van der Waals surface area (Å²) in [6.45, 7) is 4.48. The van der Waals surface area contributed by atoms with Gasteiger partial charge in [-0.15, -0.1) is 11.3 Å². The Bertz CT molecular complexity index is 305. The minimum absolute atomic E-state index is 0.0603. The highest BCUT2D eigenvalue weighted by Gasteiger charge is 2.31. The maximum absolute atomic E-state index is 8.97. The number of rotatable bonds is 2. The summed E-state index contributed by atoms with van der Waals surface area (Å²) < 4.78 is 0. The van der Waals surface area contributed by atoms with Crippen molar-refractivity contribution in [2.45, 2.75) is 31.8 Å². The highest BCUT2D eigenvalue weighted by Crippen LogP contribution is 2.34. The minimum Gasteiger partial charge on any atom is -0.390 e. The monoisotopic (exact) mass is 212 g/mol. The van der Waals surface area contributed by atoms with E-state index in [1.807, 2.05) is 5.38 Å². The van der Waals surface area contributed by atoms with E-state index in [-0.39, 0.29) is 12.0 Å². The summed E-state index contributed by atoms with van der Waals surface area (Å²) in [5, 5.41) is 15.5. The maximum atomic E-state index is 8.97. The predicted molar refractivity (Wildman–Crippen MR) is 57.5 cm³/mol. The lowest BCUT2D eigenvalue weighted by molar-refractivity contribution is 0.275. The Morgan fingerprint density at radius 2 is 2.29 bits per heavy atom. The van der Waals surface area contributed by atoms with Crippen LogP contribution in [0.15, 0.2) is 5.38 Å². The molecule has 1 aromatic rings. The Labute approximate surface area is 88.2 Å². The van der Waals surface area contributed by atoms with Gasteiger partial charge >= 0.3 is 0 Å². The number of thiazole rings is 1. The second-order valence-electron chi connectivity index (χ2n) is 4.11. The molecule has 2 N–H and O–H groups in total. The lowest BCUT2D eigenvalue weighted by atomic mass is 9.82. The molecule has 0 saturated carbocycles. The van der Waals surface area contributed by atoms with Crippen LogP contribution in [0.3, 0.4) is 0 Å². The zero-order valence-corrected chi connectivity index (χ0v) is 9.23. The first kappa shape index (κ1) is 10.1. The Kier molecular flexibility index (Phi) is 2.85. The molecule has 0 aromatic carbocycles. The lowest BCUT2D eigenvalue weighted by Gasteiger charge is -2.31. The van der Waals surface area contributed by atoms with Gasteiger partial charge in [-0.25, -0.2) is 4.98 Å². The maximum Gasteiger partial charge on any atom is 0.0989 e. The quantitative estimate of drug-likeness (QED) is 0.776. The number of nitrogens with zero attached hydrogens (tertiary/aromatic N) is 1. The molecule has 0 bridgehead atoms. The third-order valence-corrected chi connectivity index (χ3v) is 4.13. The summed E-state index contributed by atoms with van der Waals surface area (Å²) >= 11 is 1.68. The molecule has 2 heterocycles. The number of aliphatic hydroxyl groups excluding tert-OH is 1. The molecule has 1 aliphatic heterocycles. The molecule has 0 unspecified atom stereocenters. The summed E-state index contributed by atoms with van der Waals surface area (Å²) in [6.07, 6.45) is 2.29. The molecule has 1 fully saturated rings. The molecule has 0 radical (unpaired) electrons. The van der Waals surface area contributed by atoms with Crippen molar-refractivity contribution in [3.05, 3.63) is 16.1 Å². The van der Waals surface area contributed by atoms with Crippen molar-refractivity contribution in [1.82, 2.24) is 10.3 Å². The van der Waals surface area contributed by atoms with Crippen LogP contribution in [0.2, 0.25) is 0 Å². The lowest BCUT2D eigenvalue weighted by Crippen LogP contribution is -2.37. The summed E-state index contributed by atoms with van der Waals surface area (Å²) in [7, 11) is 0. The minimum atomic E-state index is 0.0603. The molecule has 14 heavy (non-hydrogen) atoms. The Morgan fingerprint density at radius 1 is 1.57 bits per heavy atom. The third-order valence-electron chi connectivity index (χ3n) is 2.94. The average Bonchev–Trinajstić information content (AvgIpc) is 2.67. The summed E-state index contributed by atoms with van der Waals surface area (Å²) in [5.74, 6) is 0. The van der Waals surface area contributed by atoms with Crippen LogP contribution in [0.1, 0.15) is 30.5 Å². The fourth-order valence-corrected chi connectivity index (χ4v) is 2.88. The van der Waals surface area contributed by atoms with E-state index in [9.17, 15) is 0 Å². The number of hydrogen-bond donors (Lipinski definition) is 2.